The fourth-order valence-corrected chi connectivity index (χ4v) is 1.75. The number of nitrogens with zero attached hydrogens (tertiary/aromatic N) is 1. The molecule has 0 spiro atoms. The summed E-state index contributed by atoms with van der Waals surface area (Å²) < 4.78 is 0. The normalized spacial score (nSPS) is 17.1. The van der Waals surface area contributed by atoms with E-state index in [4.69, 9.17) is 5.26 Å². The summed E-state index contributed by atoms with van der Waals surface area (Å²) in [4.78, 5) is 0. The van der Waals surface area contributed by atoms with Crippen molar-refractivity contribution in [2.45, 2.75) is 38.8 Å². The Labute approximate surface area is 90.9 Å². The lowest BCUT2D eigenvalue weighted by molar-refractivity contribution is 0.623. The van der Waals surface area contributed by atoms with Gasteiger partial charge in [-0.15, -0.1) is 0 Å². The molecule has 1 atom stereocenters. The van der Waals surface area contributed by atoms with Gasteiger partial charge in [-0.3, -0.25) is 5.32 Å². The van der Waals surface area contributed by atoms with Gasteiger partial charge in [0.2, 0.25) is 0 Å². The van der Waals surface area contributed by atoms with Crippen LogP contribution in [-0.4, -0.2) is 6.04 Å². The molecular formula is C13H16N2. The van der Waals surface area contributed by atoms with Crippen LogP contribution in [0.1, 0.15) is 35.6 Å². The van der Waals surface area contributed by atoms with E-state index in [0.29, 0.717) is 6.04 Å². The maximum absolute atomic E-state index is 9.16. The maximum atomic E-state index is 9.16. The zero-order chi connectivity index (χ0) is 10.8. The lowest BCUT2D eigenvalue weighted by Gasteiger charge is -2.14. The van der Waals surface area contributed by atoms with Gasteiger partial charge in [0.15, 0.2) is 0 Å². The average molecular weight is 200 g/mol. The Morgan fingerprint density at radius 2 is 2.13 bits per heavy atom. The molecule has 0 saturated heterocycles. The fraction of sp³-hybridized carbons (Fsp3) is 0.462. The zero-order valence-electron chi connectivity index (χ0n) is 9.25. The first-order valence-electron chi connectivity index (χ1n) is 5.43. The average Bonchev–Trinajstić information content (AvgIpc) is 3.02. The van der Waals surface area contributed by atoms with Gasteiger partial charge in [0.1, 0.15) is 6.04 Å². The monoisotopic (exact) mass is 200 g/mol. The highest BCUT2D eigenvalue weighted by Gasteiger charge is 2.25. The molecule has 2 heteroatoms. The van der Waals surface area contributed by atoms with E-state index in [0.717, 1.165) is 5.56 Å². The third-order valence-electron chi connectivity index (χ3n) is 2.85. The zero-order valence-corrected chi connectivity index (χ0v) is 9.25. The molecule has 0 heterocycles. The Morgan fingerprint density at radius 3 is 2.73 bits per heavy atom. The Balaban J connectivity index is 2.24. The molecule has 1 aromatic rings. The van der Waals surface area contributed by atoms with Gasteiger partial charge in [-0.25, -0.2) is 0 Å². The van der Waals surface area contributed by atoms with Gasteiger partial charge in [-0.05, 0) is 37.8 Å². The Hall–Kier alpha value is -1.33. The smallest absolute Gasteiger partial charge is 0.121 e. The van der Waals surface area contributed by atoms with Crippen LogP contribution in [0.2, 0.25) is 0 Å². The molecule has 1 N–H and O–H groups in total. The summed E-state index contributed by atoms with van der Waals surface area (Å²) in [5, 5.41) is 12.5. The van der Waals surface area contributed by atoms with Gasteiger partial charge < -0.3 is 0 Å². The minimum atomic E-state index is -0.141. The van der Waals surface area contributed by atoms with E-state index < -0.39 is 0 Å². The van der Waals surface area contributed by atoms with Gasteiger partial charge >= 0.3 is 0 Å². The second-order valence-corrected chi connectivity index (χ2v) is 4.36. The summed E-state index contributed by atoms with van der Waals surface area (Å²) in [6, 6.07) is 9.05. The van der Waals surface area contributed by atoms with Crippen molar-refractivity contribution in [1.82, 2.24) is 5.32 Å². The third-order valence-corrected chi connectivity index (χ3v) is 2.85. The van der Waals surface area contributed by atoms with E-state index >= 15 is 0 Å². The van der Waals surface area contributed by atoms with E-state index in [1.54, 1.807) is 0 Å². The molecule has 15 heavy (non-hydrogen) atoms. The molecule has 1 aliphatic carbocycles. The highest BCUT2D eigenvalue weighted by molar-refractivity contribution is 5.35. The highest BCUT2D eigenvalue weighted by atomic mass is 15.0. The van der Waals surface area contributed by atoms with Crippen LogP contribution < -0.4 is 5.32 Å². The summed E-state index contributed by atoms with van der Waals surface area (Å²) >= 11 is 0. The molecule has 1 aliphatic rings. The van der Waals surface area contributed by atoms with Crippen LogP contribution in [0.5, 0.6) is 0 Å². The Morgan fingerprint density at radius 1 is 1.40 bits per heavy atom. The van der Waals surface area contributed by atoms with E-state index in [1.165, 1.54) is 24.0 Å². The van der Waals surface area contributed by atoms with Gasteiger partial charge in [-0.1, -0.05) is 23.8 Å². The van der Waals surface area contributed by atoms with Crippen molar-refractivity contribution in [3.8, 4) is 6.07 Å². The van der Waals surface area contributed by atoms with Crippen molar-refractivity contribution >= 4 is 0 Å². The van der Waals surface area contributed by atoms with Crippen LogP contribution in [0.3, 0.4) is 0 Å². The minimum Gasteiger partial charge on any atom is -0.295 e. The first-order chi connectivity index (χ1) is 7.20. The van der Waals surface area contributed by atoms with Crippen LogP contribution in [-0.2, 0) is 0 Å². The number of nitrogens with one attached hydrogen (secondary N) is 1. The molecule has 1 unspecified atom stereocenters. The highest BCUT2D eigenvalue weighted by Crippen LogP contribution is 2.25. The number of hydrogen-bond acceptors (Lipinski definition) is 2. The third kappa shape index (κ3) is 2.37. The second-order valence-electron chi connectivity index (χ2n) is 4.36. The van der Waals surface area contributed by atoms with Crippen LogP contribution in [0.15, 0.2) is 18.2 Å². The van der Waals surface area contributed by atoms with E-state index in [-0.39, 0.29) is 6.04 Å². The van der Waals surface area contributed by atoms with Crippen molar-refractivity contribution in [2.75, 3.05) is 0 Å². The van der Waals surface area contributed by atoms with Crippen molar-refractivity contribution < 1.29 is 0 Å². The molecule has 0 radical (unpaired) electrons. The molecule has 2 nitrogen and oxygen atoms in total. The molecule has 0 amide bonds. The summed E-state index contributed by atoms with van der Waals surface area (Å²) in [6.07, 6.45) is 2.42. The van der Waals surface area contributed by atoms with Crippen molar-refractivity contribution in [3.05, 3.63) is 34.9 Å². The van der Waals surface area contributed by atoms with Gasteiger partial charge in [-0.2, -0.15) is 5.26 Å². The molecular weight excluding hydrogens is 184 g/mol. The maximum Gasteiger partial charge on any atom is 0.121 e. The van der Waals surface area contributed by atoms with E-state index in [9.17, 15) is 0 Å². The van der Waals surface area contributed by atoms with Crippen LogP contribution in [0.25, 0.3) is 0 Å². The first-order valence-corrected chi connectivity index (χ1v) is 5.43. The Bertz CT molecular complexity index is 399. The largest absolute Gasteiger partial charge is 0.295 e. The topological polar surface area (TPSA) is 35.8 Å². The number of aryl methyl sites for hydroxylation is 2. The predicted octanol–water partition coefficient (Wildman–Crippen LogP) is 2.62. The molecule has 2 rings (SSSR count). The van der Waals surface area contributed by atoms with Gasteiger partial charge in [0.25, 0.3) is 0 Å². The van der Waals surface area contributed by atoms with Gasteiger partial charge in [0, 0.05) is 6.04 Å². The number of rotatable bonds is 3. The van der Waals surface area contributed by atoms with Gasteiger partial charge in [0.05, 0.1) is 6.07 Å². The van der Waals surface area contributed by atoms with E-state index in [1.807, 2.05) is 0 Å². The lowest BCUT2D eigenvalue weighted by Crippen LogP contribution is -2.22. The number of nitriles is 1. The van der Waals surface area contributed by atoms with Crippen LogP contribution >= 0.6 is 0 Å². The minimum absolute atomic E-state index is 0.141. The fourth-order valence-electron chi connectivity index (χ4n) is 1.75. The van der Waals surface area contributed by atoms with Crippen LogP contribution in [0.4, 0.5) is 0 Å². The predicted molar refractivity (Wildman–Crippen MR) is 60.4 cm³/mol. The molecule has 0 aromatic heterocycles. The van der Waals surface area contributed by atoms with Crippen molar-refractivity contribution in [1.29, 1.82) is 5.26 Å². The summed E-state index contributed by atoms with van der Waals surface area (Å²) in [5.74, 6) is 0. The second kappa shape index (κ2) is 4.04. The van der Waals surface area contributed by atoms with Crippen LogP contribution in [0, 0.1) is 25.2 Å². The number of hydrogen-bond donors (Lipinski definition) is 1. The molecule has 0 aliphatic heterocycles. The first kappa shape index (κ1) is 10.2. The standard InChI is InChI=1S/C13H16N2/c1-9-3-4-10(2)12(7-9)13(8-14)15-11-5-6-11/h3-4,7,11,13,15H,5-6H2,1-2H3. The molecule has 1 fully saturated rings. The van der Waals surface area contributed by atoms with Crippen molar-refractivity contribution in [2.24, 2.45) is 0 Å². The summed E-state index contributed by atoms with van der Waals surface area (Å²) in [5.41, 5.74) is 3.54. The quantitative estimate of drug-likeness (QED) is 0.814. The molecule has 78 valence electrons. The molecule has 1 aromatic carbocycles. The van der Waals surface area contributed by atoms with E-state index in [2.05, 4.69) is 43.4 Å². The summed E-state index contributed by atoms with van der Waals surface area (Å²) in [6.45, 7) is 4.13. The SMILES string of the molecule is Cc1ccc(C)c(C(C#N)NC2CC2)c1. The number of benzene rings is 1. The summed E-state index contributed by atoms with van der Waals surface area (Å²) in [7, 11) is 0. The lowest BCUT2D eigenvalue weighted by atomic mass is 10.00. The van der Waals surface area contributed by atoms with Crippen molar-refractivity contribution in [3.63, 3.8) is 0 Å². The molecule has 1 saturated carbocycles. The Kier molecular flexibility index (Phi) is 2.75. The molecule has 0 bridgehead atoms.